The van der Waals surface area contributed by atoms with Gasteiger partial charge in [0, 0.05) is 41.1 Å². The Morgan fingerprint density at radius 2 is 2.35 bits per heavy atom. The van der Waals surface area contributed by atoms with Crippen LogP contribution in [0.5, 0.6) is 0 Å². The van der Waals surface area contributed by atoms with Gasteiger partial charge in [0.1, 0.15) is 4.99 Å². The molecule has 0 radical (unpaired) electrons. The molecule has 0 aliphatic heterocycles. The summed E-state index contributed by atoms with van der Waals surface area (Å²) in [5.41, 5.74) is 7.77. The Hall–Kier alpha value is -1.53. The third kappa shape index (κ3) is 3.52. The summed E-state index contributed by atoms with van der Waals surface area (Å²) in [4.78, 5) is 5.56. The maximum absolute atomic E-state index is 5.87. The summed E-state index contributed by atoms with van der Waals surface area (Å²) in [6.45, 7) is 2.95. The van der Waals surface area contributed by atoms with Gasteiger partial charge in [-0.15, -0.1) is 11.8 Å². The fourth-order valence-corrected chi connectivity index (χ4v) is 3.02. The van der Waals surface area contributed by atoms with E-state index < -0.39 is 0 Å². The predicted octanol–water partition coefficient (Wildman–Crippen LogP) is 2.74. The van der Waals surface area contributed by atoms with Crippen molar-refractivity contribution in [2.24, 2.45) is 5.73 Å². The molecule has 2 aromatic rings. The van der Waals surface area contributed by atoms with Crippen molar-refractivity contribution in [3.8, 4) is 0 Å². The van der Waals surface area contributed by atoms with E-state index in [1.807, 2.05) is 41.5 Å². The van der Waals surface area contributed by atoms with Gasteiger partial charge in [-0.1, -0.05) is 18.3 Å². The normalized spacial score (nSPS) is 12.1. The van der Waals surface area contributed by atoms with Crippen LogP contribution < -0.4 is 11.1 Å². The monoisotopic (exact) mass is 306 g/mol. The fraction of sp³-hybridized carbons (Fsp3) is 0.286. The summed E-state index contributed by atoms with van der Waals surface area (Å²) < 4.78 is 2.04. The van der Waals surface area contributed by atoms with Gasteiger partial charge in [0.15, 0.2) is 0 Å². The number of anilines is 1. The number of benzene rings is 1. The van der Waals surface area contributed by atoms with Crippen molar-refractivity contribution in [1.29, 1.82) is 0 Å². The van der Waals surface area contributed by atoms with Gasteiger partial charge < -0.3 is 15.6 Å². The number of nitrogens with one attached hydrogen (secondary N) is 1. The van der Waals surface area contributed by atoms with Gasteiger partial charge in [0.2, 0.25) is 0 Å². The highest BCUT2D eigenvalue weighted by molar-refractivity contribution is 7.98. The average molecular weight is 306 g/mol. The van der Waals surface area contributed by atoms with Gasteiger partial charge in [-0.25, -0.2) is 4.98 Å². The van der Waals surface area contributed by atoms with E-state index in [1.54, 1.807) is 18.0 Å². The maximum Gasteiger partial charge on any atom is 0.107 e. The van der Waals surface area contributed by atoms with E-state index in [0.29, 0.717) is 4.99 Å². The number of imidazole rings is 1. The highest BCUT2D eigenvalue weighted by Crippen LogP contribution is 2.27. The molecule has 0 spiro atoms. The molecule has 1 unspecified atom stereocenters. The molecule has 3 N–H and O–H groups in total. The smallest absolute Gasteiger partial charge is 0.107 e. The van der Waals surface area contributed by atoms with Crippen LogP contribution in [0.2, 0.25) is 0 Å². The topological polar surface area (TPSA) is 55.9 Å². The molecule has 0 bridgehead atoms. The standard InChI is InChI=1S/C14H18N4S2/c1-10(8-18-7-6-16-9-18)17-11-4-3-5-12(20-2)13(11)14(15)19/h3-7,9-10,17H,8H2,1-2H3,(H2,15,19). The molecule has 1 aromatic carbocycles. The van der Waals surface area contributed by atoms with E-state index in [2.05, 4.69) is 17.2 Å². The lowest BCUT2D eigenvalue weighted by Crippen LogP contribution is -2.24. The molecule has 106 valence electrons. The molecular formula is C14H18N4S2. The Morgan fingerprint density at radius 3 is 2.95 bits per heavy atom. The Balaban J connectivity index is 2.18. The molecule has 0 saturated carbocycles. The minimum Gasteiger partial charge on any atom is -0.389 e. The summed E-state index contributed by atoms with van der Waals surface area (Å²) in [5, 5.41) is 3.48. The molecule has 6 heteroatoms. The zero-order valence-corrected chi connectivity index (χ0v) is 13.2. The van der Waals surface area contributed by atoms with Gasteiger partial charge in [-0.2, -0.15) is 0 Å². The summed E-state index contributed by atoms with van der Waals surface area (Å²) in [5.74, 6) is 0. The number of nitrogens with two attached hydrogens (primary N) is 1. The number of thiocarbonyl (C=S) groups is 1. The van der Waals surface area contributed by atoms with Gasteiger partial charge >= 0.3 is 0 Å². The largest absolute Gasteiger partial charge is 0.389 e. The minimum absolute atomic E-state index is 0.245. The molecule has 1 heterocycles. The fourth-order valence-electron chi connectivity index (χ4n) is 2.10. The van der Waals surface area contributed by atoms with Crippen LogP contribution in [0.25, 0.3) is 0 Å². The second-order valence-corrected chi connectivity index (χ2v) is 5.84. The van der Waals surface area contributed by atoms with Gasteiger partial charge in [-0.3, -0.25) is 0 Å². The summed E-state index contributed by atoms with van der Waals surface area (Å²) in [7, 11) is 0. The third-order valence-electron chi connectivity index (χ3n) is 2.94. The number of nitrogens with zero attached hydrogens (tertiary/aromatic N) is 2. The Labute approximate surface area is 128 Å². The molecule has 4 nitrogen and oxygen atoms in total. The van der Waals surface area contributed by atoms with Crippen LogP contribution in [0.1, 0.15) is 12.5 Å². The average Bonchev–Trinajstić information content (AvgIpc) is 2.90. The van der Waals surface area contributed by atoms with Gasteiger partial charge in [0.25, 0.3) is 0 Å². The molecule has 2 rings (SSSR count). The summed E-state index contributed by atoms with van der Waals surface area (Å²) >= 11 is 6.83. The summed E-state index contributed by atoms with van der Waals surface area (Å²) in [6, 6.07) is 6.30. The lowest BCUT2D eigenvalue weighted by molar-refractivity contribution is 0.618. The maximum atomic E-state index is 5.87. The van der Waals surface area contributed by atoms with E-state index in [9.17, 15) is 0 Å². The number of aromatic nitrogens is 2. The van der Waals surface area contributed by atoms with Crippen LogP contribution in [0.3, 0.4) is 0 Å². The van der Waals surface area contributed by atoms with E-state index >= 15 is 0 Å². The van der Waals surface area contributed by atoms with Gasteiger partial charge in [0.05, 0.1) is 6.33 Å². The number of thioether (sulfide) groups is 1. The molecule has 0 fully saturated rings. The van der Waals surface area contributed by atoms with Crippen molar-refractivity contribution in [3.05, 3.63) is 42.5 Å². The zero-order valence-electron chi connectivity index (χ0n) is 11.5. The van der Waals surface area contributed by atoms with Crippen LogP contribution in [-0.2, 0) is 6.54 Å². The zero-order chi connectivity index (χ0) is 14.5. The van der Waals surface area contributed by atoms with Crippen LogP contribution in [0.15, 0.2) is 41.8 Å². The molecular weight excluding hydrogens is 288 g/mol. The van der Waals surface area contributed by atoms with Crippen molar-refractivity contribution < 1.29 is 0 Å². The lowest BCUT2D eigenvalue weighted by Gasteiger charge is -2.19. The van der Waals surface area contributed by atoms with Gasteiger partial charge in [-0.05, 0) is 25.3 Å². The van der Waals surface area contributed by atoms with Crippen LogP contribution >= 0.6 is 24.0 Å². The molecule has 20 heavy (non-hydrogen) atoms. The molecule has 0 amide bonds. The van der Waals surface area contributed by atoms with Crippen molar-refractivity contribution in [1.82, 2.24) is 9.55 Å². The van der Waals surface area contributed by atoms with Crippen molar-refractivity contribution in [2.75, 3.05) is 11.6 Å². The van der Waals surface area contributed by atoms with Crippen LogP contribution in [-0.4, -0.2) is 26.8 Å². The predicted molar refractivity (Wildman–Crippen MR) is 89.4 cm³/mol. The first-order chi connectivity index (χ1) is 9.61. The van der Waals surface area contributed by atoms with E-state index in [0.717, 1.165) is 22.7 Å². The molecule has 1 aromatic heterocycles. The molecule has 0 saturated heterocycles. The molecule has 0 aliphatic rings. The highest BCUT2D eigenvalue weighted by atomic mass is 32.2. The van der Waals surface area contributed by atoms with E-state index in [1.165, 1.54) is 0 Å². The Kier molecular flexibility index (Phi) is 5.03. The second kappa shape index (κ2) is 6.76. The first kappa shape index (κ1) is 14.9. The van der Waals surface area contributed by atoms with Crippen LogP contribution in [0, 0.1) is 0 Å². The number of hydrogen-bond acceptors (Lipinski definition) is 4. The Bertz CT molecular complexity index is 581. The second-order valence-electron chi connectivity index (χ2n) is 4.55. The highest BCUT2D eigenvalue weighted by Gasteiger charge is 2.12. The summed E-state index contributed by atoms with van der Waals surface area (Å²) in [6.07, 6.45) is 7.56. The molecule has 0 aliphatic carbocycles. The Morgan fingerprint density at radius 1 is 1.55 bits per heavy atom. The molecule has 1 atom stereocenters. The quantitative estimate of drug-likeness (QED) is 0.635. The number of hydrogen-bond donors (Lipinski definition) is 2. The van der Waals surface area contributed by atoms with E-state index in [4.69, 9.17) is 18.0 Å². The van der Waals surface area contributed by atoms with Crippen LogP contribution in [0.4, 0.5) is 5.69 Å². The number of rotatable bonds is 6. The first-order valence-electron chi connectivity index (χ1n) is 6.31. The van der Waals surface area contributed by atoms with Crippen molar-refractivity contribution in [2.45, 2.75) is 24.4 Å². The first-order valence-corrected chi connectivity index (χ1v) is 7.94. The van der Waals surface area contributed by atoms with E-state index in [-0.39, 0.29) is 6.04 Å². The lowest BCUT2D eigenvalue weighted by atomic mass is 10.1. The SMILES string of the molecule is CSc1cccc(NC(C)Cn2ccnc2)c1C(N)=S. The van der Waals surface area contributed by atoms with Crippen molar-refractivity contribution in [3.63, 3.8) is 0 Å². The minimum atomic E-state index is 0.245. The van der Waals surface area contributed by atoms with Crippen molar-refractivity contribution >= 4 is 34.7 Å². The third-order valence-corrected chi connectivity index (χ3v) is 3.92.